The van der Waals surface area contributed by atoms with Crippen molar-refractivity contribution in [1.82, 2.24) is 9.55 Å². The second-order valence-electron chi connectivity index (χ2n) is 6.87. The predicted molar refractivity (Wildman–Crippen MR) is 102 cm³/mol. The Balaban J connectivity index is 1.86. The highest BCUT2D eigenvalue weighted by atomic mass is 32.2. The molecular formula is C19H20N2O5S. The number of benzene rings is 1. The van der Waals surface area contributed by atoms with Crippen LogP contribution in [0.25, 0.3) is 22.0 Å². The van der Waals surface area contributed by atoms with Gasteiger partial charge in [-0.3, -0.25) is 4.79 Å². The molecule has 0 radical (unpaired) electrons. The van der Waals surface area contributed by atoms with E-state index in [9.17, 15) is 13.2 Å². The molecule has 142 valence electrons. The Morgan fingerprint density at radius 1 is 1.26 bits per heavy atom. The number of rotatable bonds is 5. The van der Waals surface area contributed by atoms with Crippen LogP contribution in [-0.2, 0) is 21.6 Å². The zero-order valence-electron chi connectivity index (χ0n) is 15.1. The van der Waals surface area contributed by atoms with E-state index in [1.165, 1.54) is 10.8 Å². The number of ether oxygens (including phenoxy) is 2. The molecule has 1 aromatic carbocycles. The van der Waals surface area contributed by atoms with Crippen molar-refractivity contribution >= 4 is 20.7 Å². The Kier molecular flexibility index (Phi) is 4.32. The van der Waals surface area contributed by atoms with Crippen LogP contribution in [0.5, 0.6) is 5.75 Å². The fourth-order valence-corrected chi connectivity index (χ4v) is 3.75. The monoisotopic (exact) mass is 388 g/mol. The maximum absolute atomic E-state index is 12.3. The number of H-pyrrole nitrogens is 1. The standard InChI is InChI=1S/C19H20N2O5S/c1-21-6-5-14-16(8-20-18(14)19(21)22)15-7-13(27(2,23)24)3-4-17(15)26-11-12-9-25-10-12/h3-8,12,20H,9-11H2,1-2H3. The molecule has 1 fully saturated rings. The van der Waals surface area contributed by atoms with Crippen LogP contribution in [-0.4, -0.2) is 44.0 Å². The quantitative estimate of drug-likeness (QED) is 0.722. The molecule has 0 saturated carbocycles. The molecular weight excluding hydrogens is 368 g/mol. The number of nitrogens with one attached hydrogen (secondary N) is 1. The number of hydrogen-bond acceptors (Lipinski definition) is 5. The molecule has 1 aliphatic rings. The Labute approximate surface area is 156 Å². The summed E-state index contributed by atoms with van der Waals surface area (Å²) in [6, 6.07) is 6.64. The number of pyridine rings is 1. The van der Waals surface area contributed by atoms with Gasteiger partial charge in [-0.1, -0.05) is 0 Å². The average molecular weight is 388 g/mol. The van der Waals surface area contributed by atoms with Crippen molar-refractivity contribution in [3.8, 4) is 16.9 Å². The summed E-state index contributed by atoms with van der Waals surface area (Å²) in [4.78, 5) is 15.5. The van der Waals surface area contributed by atoms with Gasteiger partial charge in [-0.15, -0.1) is 0 Å². The van der Waals surface area contributed by atoms with Crippen molar-refractivity contribution in [1.29, 1.82) is 0 Å². The second kappa shape index (κ2) is 6.54. The molecule has 1 saturated heterocycles. The van der Waals surface area contributed by atoms with E-state index in [2.05, 4.69) is 4.98 Å². The van der Waals surface area contributed by atoms with E-state index in [1.807, 2.05) is 6.07 Å². The van der Waals surface area contributed by atoms with E-state index in [4.69, 9.17) is 9.47 Å². The maximum atomic E-state index is 12.3. The molecule has 0 unspecified atom stereocenters. The predicted octanol–water partition coefficient (Wildman–Crippen LogP) is 1.96. The zero-order chi connectivity index (χ0) is 19.2. The van der Waals surface area contributed by atoms with Crippen molar-refractivity contribution < 1.29 is 17.9 Å². The Morgan fingerprint density at radius 3 is 2.70 bits per heavy atom. The molecule has 4 rings (SSSR count). The van der Waals surface area contributed by atoms with Gasteiger partial charge in [0.15, 0.2) is 9.84 Å². The highest BCUT2D eigenvalue weighted by Crippen LogP contribution is 2.36. The van der Waals surface area contributed by atoms with E-state index in [1.54, 1.807) is 37.6 Å². The Hall–Kier alpha value is -2.58. The average Bonchev–Trinajstić information content (AvgIpc) is 3.00. The van der Waals surface area contributed by atoms with Crippen LogP contribution >= 0.6 is 0 Å². The van der Waals surface area contributed by atoms with Crippen molar-refractivity contribution in [3.05, 3.63) is 47.0 Å². The lowest BCUT2D eigenvalue weighted by Gasteiger charge is -2.26. The summed E-state index contributed by atoms with van der Waals surface area (Å²) in [7, 11) is -1.70. The number of aromatic amines is 1. The van der Waals surface area contributed by atoms with Crippen LogP contribution in [0.15, 0.2) is 46.3 Å². The van der Waals surface area contributed by atoms with Gasteiger partial charge < -0.3 is 19.0 Å². The van der Waals surface area contributed by atoms with Gasteiger partial charge in [0.25, 0.3) is 5.56 Å². The molecule has 0 amide bonds. The number of aromatic nitrogens is 2. The van der Waals surface area contributed by atoms with Crippen molar-refractivity contribution in [2.75, 3.05) is 26.1 Å². The minimum atomic E-state index is -3.38. The van der Waals surface area contributed by atoms with Gasteiger partial charge in [0, 0.05) is 48.1 Å². The lowest BCUT2D eigenvalue weighted by Crippen LogP contribution is -2.32. The van der Waals surface area contributed by atoms with E-state index in [0.29, 0.717) is 42.6 Å². The van der Waals surface area contributed by atoms with E-state index < -0.39 is 9.84 Å². The molecule has 1 aliphatic heterocycles. The molecule has 1 N–H and O–H groups in total. The lowest BCUT2D eigenvalue weighted by atomic mass is 10.0. The summed E-state index contributed by atoms with van der Waals surface area (Å²) in [5.41, 5.74) is 1.69. The van der Waals surface area contributed by atoms with Crippen LogP contribution in [0.1, 0.15) is 0 Å². The smallest absolute Gasteiger partial charge is 0.274 e. The fourth-order valence-electron chi connectivity index (χ4n) is 3.10. The van der Waals surface area contributed by atoms with Crippen LogP contribution in [0.4, 0.5) is 0 Å². The first-order valence-corrected chi connectivity index (χ1v) is 10.5. The van der Waals surface area contributed by atoms with Crippen LogP contribution < -0.4 is 10.3 Å². The Bertz CT molecular complexity index is 1170. The molecule has 7 nitrogen and oxygen atoms in total. The molecule has 8 heteroatoms. The third kappa shape index (κ3) is 3.26. The van der Waals surface area contributed by atoms with E-state index in [0.717, 1.165) is 10.9 Å². The van der Waals surface area contributed by atoms with Gasteiger partial charge in [0.1, 0.15) is 11.3 Å². The first-order chi connectivity index (χ1) is 12.8. The fraction of sp³-hybridized carbons (Fsp3) is 0.316. The summed E-state index contributed by atoms with van der Waals surface area (Å²) < 4.78 is 36.7. The molecule has 0 atom stereocenters. The van der Waals surface area contributed by atoms with Crippen molar-refractivity contribution in [3.63, 3.8) is 0 Å². The van der Waals surface area contributed by atoms with Gasteiger partial charge in [0.05, 0.1) is 24.7 Å². The molecule has 0 spiro atoms. The van der Waals surface area contributed by atoms with Gasteiger partial charge in [0.2, 0.25) is 0 Å². The topological polar surface area (TPSA) is 90.4 Å². The van der Waals surface area contributed by atoms with Gasteiger partial charge in [-0.05, 0) is 24.3 Å². The number of hydrogen-bond donors (Lipinski definition) is 1. The minimum Gasteiger partial charge on any atom is -0.492 e. The third-order valence-corrected chi connectivity index (χ3v) is 5.88. The highest BCUT2D eigenvalue weighted by molar-refractivity contribution is 7.90. The number of sulfone groups is 1. The first-order valence-electron chi connectivity index (χ1n) is 8.56. The minimum absolute atomic E-state index is 0.146. The third-order valence-electron chi connectivity index (χ3n) is 4.77. The molecule has 3 aromatic rings. The van der Waals surface area contributed by atoms with E-state index >= 15 is 0 Å². The second-order valence-corrected chi connectivity index (χ2v) is 8.88. The summed E-state index contributed by atoms with van der Waals surface area (Å²) in [6.45, 7) is 1.83. The Morgan fingerprint density at radius 2 is 2.04 bits per heavy atom. The van der Waals surface area contributed by atoms with Gasteiger partial charge >= 0.3 is 0 Å². The summed E-state index contributed by atoms with van der Waals surface area (Å²) in [6.07, 6.45) is 4.57. The molecule has 2 aromatic heterocycles. The summed E-state index contributed by atoms with van der Waals surface area (Å²) in [5, 5.41) is 0.723. The molecule has 0 aliphatic carbocycles. The van der Waals surface area contributed by atoms with Crippen molar-refractivity contribution in [2.45, 2.75) is 4.90 Å². The number of nitrogens with zero attached hydrogens (tertiary/aromatic N) is 1. The summed E-state index contributed by atoms with van der Waals surface area (Å²) >= 11 is 0. The SMILES string of the molecule is Cn1ccc2c(-c3cc(S(C)(=O)=O)ccc3OCC3COC3)c[nH]c2c1=O. The van der Waals surface area contributed by atoms with Crippen LogP contribution in [0, 0.1) is 5.92 Å². The van der Waals surface area contributed by atoms with Gasteiger partial charge in [-0.2, -0.15) is 0 Å². The van der Waals surface area contributed by atoms with Gasteiger partial charge in [-0.25, -0.2) is 8.42 Å². The molecule has 3 heterocycles. The lowest BCUT2D eigenvalue weighted by molar-refractivity contribution is -0.0507. The molecule has 27 heavy (non-hydrogen) atoms. The normalized spacial score (nSPS) is 15.0. The summed E-state index contributed by atoms with van der Waals surface area (Å²) in [5.74, 6) is 0.915. The number of aryl methyl sites for hydroxylation is 1. The van der Waals surface area contributed by atoms with Crippen LogP contribution in [0.2, 0.25) is 0 Å². The van der Waals surface area contributed by atoms with Crippen molar-refractivity contribution in [2.24, 2.45) is 13.0 Å². The highest BCUT2D eigenvalue weighted by Gasteiger charge is 2.21. The largest absolute Gasteiger partial charge is 0.492 e. The van der Waals surface area contributed by atoms with E-state index in [-0.39, 0.29) is 10.5 Å². The molecule has 0 bridgehead atoms. The zero-order valence-corrected chi connectivity index (χ0v) is 15.9. The first kappa shape index (κ1) is 17.8. The maximum Gasteiger partial charge on any atom is 0.274 e. The van der Waals surface area contributed by atoms with Crippen LogP contribution in [0.3, 0.4) is 0 Å². The number of fused-ring (bicyclic) bond motifs is 1.